The summed E-state index contributed by atoms with van der Waals surface area (Å²) in [6, 6.07) is 4.19. The van der Waals surface area contributed by atoms with Crippen LogP contribution in [0.15, 0.2) is 21.7 Å². The summed E-state index contributed by atoms with van der Waals surface area (Å²) in [6.45, 7) is 2.88. The second-order valence-electron chi connectivity index (χ2n) is 1.92. The maximum absolute atomic E-state index is 5.03. The van der Waals surface area contributed by atoms with Crippen LogP contribution in [0.3, 0.4) is 0 Å². The molecular formula is C8H15NS2. The minimum atomic E-state index is 0.819. The Bertz CT molecular complexity index is 147. The first-order valence-electron chi connectivity index (χ1n) is 3.62. The molecule has 0 fully saturated rings. The monoisotopic (exact) mass is 189 g/mol. The molecule has 0 aliphatic rings. The minimum Gasteiger partial charge on any atom is -0.330 e. The highest BCUT2D eigenvalue weighted by Crippen LogP contribution is 2.19. The molecule has 0 aromatic carbocycles. The van der Waals surface area contributed by atoms with E-state index in [1.54, 1.807) is 23.1 Å². The third kappa shape index (κ3) is 6.41. The largest absolute Gasteiger partial charge is 0.330 e. The molecule has 64 valence electrons. The summed E-state index contributed by atoms with van der Waals surface area (Å²) in [5.74, 6) is 0. The van der Waals surface area contributed by atoms with E-state index in [0.717, 1.165) is 13.0 Å². The molecule has 1 aromatic rings. The highest BCUT2D eigenvalue weighted by atomic mass is 32.2. The van der Waals surface area contributed by atoms with Crippen LogP contribution in [-0.2, 0) is 0 Å². The summed E-state index contributed by atoms with van der Waals surface area (Å²) >= 11 is 3.58. The average Bonchev–Trinajstić information content (AvgIpc) is 2.56. The van der Waals surface area contributed by atoms with Gasteiger partial charge in [0.1, 0.15) is 0 Å². The van der Waals surface area contributed by atoms with Crippen molar-refractivity contribution in [3.63, 3.8) is 0 Å². The van der Waals surface area contributed by atoms with E-state index in [9.17, 15) is 0 Å². The number of hydrogen-bond acceptors (Lipinski definition) is 3. The number of thiophene rings is 1. The van der Waals surface area contributed by atoms with Crippen LogP contribution in [-0.4, -0.2) is 12.8 Å². The van der Waals surface area contributed by atoms with Gasteiger partial charge < -0.3 is 5.73 Å². The van der Waals surface area contributed by atoms with Crippen LogP contribution < -0.4 is 5.73 Å². The zero-order valence-corrected chi connectivity index (χ0v) is 8.67. The SMILES string of the molecule is CCCN.CSc1cccs1. The molecule has 0 unspecified atom stereocenters. The molecular weight excluding hydrogens is 174 g/mol. The molecule has 1 nitrogen and oxygen atoms in total. The standard InChI is InChI=1S/C5H6S2.C3H9N/c1-6-5-3-2-4-7-5;1-2-3-4/h2-4H,1H3;2-4H2,1H3. The lowest BCUT2D eigenvalue weighted by atomic mass is 10.5. The molecule has 1 rings (SSSR count). The Morgan fingerprint density at radius 1 is 1.64 bits per heavy atom. The summed E-state index contributed by atoms with van der Waals surface area (Å²) in [4.78, 5) is 0. The van der Waals surface area contributed by atoms with Gasteiger partial charge in [-0.2, -0.15) is 0 Å². The molecule has 3 heteroatoms. The van der Waals surface area contributed by atoms with Crippen molar-refractivity contribution >= 4 is 23.1 Å². The van der Waals surface area contributed by atoms with Crippen molar-refractivity contribution in [3.8, 4) is 0 Å². The van der Waals surface area contributed by atoms with E-state index in [4.69, 9.17) is 5.73 Å². The molecule has 11 heavy (non-hydrogen) atoms. The molecule has 0 spiro atoms. The average molecular weight is 189 g/mol. The lowest BCUT2D eigenvalue weighted by Crippen LogP contribution is -1.93. The molecule has 0 amide bonds. The lowest BCUT2D eigenvalue weighted by molar-refractivity contribution is 0.932. The van der Waals surface area contributed by atoms with Gasteiger partial charge in [-0.1, -0.05) is 13.0 Å². The second-order valence-corrected chi connectivity index (χ2v) is 3.98. The first kappa shape index (κ1) is 11.0. The van der Waals surface area contributed by atoms with Crippen molar-refractivity contribution in [1.82, 2.24) is 0 Å². The zero-order valence-electron chi connectivity index (χ0n) is 7.04. The maximum Gasteiger partial charge on any atom is 0.0595 e. The molecule has 0 aliphatic carbocycles. The Kier molecular flexibility index (Phi) is 8.12. The Balaban J connectivity index is 0.000000218. The van der Waals surface area contributed by atoms with Gasteiger partial charge in [0.05, 0.1) is 4.21 Å². The van der Waals surface area contributed by atoms with Crippen LogP contribution in [0.2, 0.25) is 0 Å². The fourth-order valence-corrected chi connectivity index (χ4v) is 1.59. The van der Waals surface area contributed by atoms with Crippen LogP contribution in [0.1, 0.15) is 13.3 Å². The van der Waals surface area contributed by atoms with E-state index in [-0.39, 0.29) is 0 Å². The highest BCUT2D eigenvalue weighted by Gasteiger charge is 1.83. The lowest BCUT2D eigenvalue weighted by Gasteiger charge is -1.78. The van der Waals surface area contributed by atoms with Crippen LogP contribution >= 0.6 is 23.1 Å². The van der Waals surface area contributed by atoms with E-state index in [1.165, 1.54) is 4.21 Å². The Morgan fingerprint density at radius 3 is 2.45 bits per heavy atom. The smallest absolute Gasteiger partial charge is 0.0595 e. The van der Waals surface area contributed by atoms with Gasteiger partial charge in [0.15, 0.2) is 0 Å². The quantitative estimate of drug-likeness (QED) is 0.724. The summed E-state index contributed by atoms with van der Waals surface area (Å²) < 4.78 is 1.39. The fourth-order valence-electron chi connectivity index (χ4n) is 0.380. The summed E-state index contributed by atoms with van der Waals surface area (Å²) in [5.41, 5.74) is 5.03. The highest BCUT2D eigenvalue weighted by molar-refractivity contribution is 8.00. The van der Waals surface area contributed by atoms with Crippen molar-refractivity contribution in [2.45, 2.75) is 17.6 Å². The van der Waals surface area contributed by atoms with Gasteiger partial charge in [0, 0.05) is 0 Å². The van der Waals surface area contributed by atoms with Crippen LogP contribution in [0.25, 0.3) is 0 Å². The van der Waals surface area contributed by atoms with E-state index < -0.39 is 0 Å². The van der Waals surface area contributed by atoms with Crippen LogP contribution in [0, 0.1) is 0 Å². The minimum absolute atomic E-state index is 0.819. The predicted molar refractivity (Wildman–Crippen MR) is 55.4 cm³/mol. The number of hydrogen-bond donors (Lipinski definition) is 1. The number of nitrogens with two attached hydrogens (primary N) is 1. The van der Waals surface area contributed by atoms with Gasteiger partial charge in [-0.05, 0) is 30.7 Å². The third-order valence-corrected chi connectivity index (χ3v) is 2.97. The van der Waals surface area contributed by atoms with E-state index >= 15 is 0 Å². The van der Waals surface area contributed by atoms with Gasteiger partial charge in [-0.25, -0.2) is 0 Å². The first-order valence-corrected chi connectivity index (χ1v) is 5.73. The van der Waals surface area contributed by atoms with Crippen molar-refractivity contribution in [2.24, 2.45) is 5.73 Å². The number of rotatable bonds is 2. The molecule has 0 aliphatic heterocycles. The third-order valence-electron chi connectivity index (χ3n) is 0.985. The fraction of sp³-hybridized carbons (Fsp3) is 0.500. The molecule has 0 atom stereocenters. The van der Waals surface area contributed by atoms with Crippen molar-refractivity contribution in [2.75, 3.05) is 12.8 Å². The van der Waals surface area contributed by atoms with E-state index in [0.29, 0.717) is 0 Å². The second kappa shape index (κ2) is 8.11. The molecule has 0 saturated heterocycles. The predicted octanol–water partition coefficient (Wildman–Crippen LogP) is 2.83. The molecule has 2 N–H and O–H groups in total. The molecule has 0 radical (unpaired) electrons. The first-order chi connectivity index (χ1) is 5.35. The van der Waals surface area contributed by atoms with E-state index in [2.05, 4.69) is 30.7 Å². The van der Waals surface area contributed by atoms with Crippen molar-refractivity contribution < 1.29 is 0 Å². The maximum atomic E-state index is 5.03. The topological polar surface area (TPSA) is 26.0 Å². The van der Waals surface area contributed by atoms with Crippen LogP contribution in [0.4, 0.5) is 0 Å². The Morgan fingerprint density at radius 2 is 2.27 bits per heavy atom. The van der Waals surface area contributed by atoms with Gasteiger partial charge in [0.2, 0.25) is 0 Å². The summed E-state index contributed by atoms with van der Waals surface area (Å²) in [5, 5.41) is 2.09. The zero-order chi connectivity index (χ0) is 8.53. The Hall–Kier alpha value is 0.01000. The normalized spacial score (nSPS) is 8.64. The molecule has 0 saturated carbocycles. The summed E-state index contributed by atoms with van der Waals surface area (Å²) in [6.07, 6.45) is 3.19. The van der Waals surface area contributed by atoms with Crippen molar-refractivity contribution in [3.05, 3.63) is 17.5 Å². The Labute approximate surface area is 77.0 Å². The molecule has 1 heterocycles. The van der Waals surface area contributed by atoms with Gasteiger partial charge in [-0.15, -0.1) is 23.1 Å². The number of thioether (sulfide) groups is 1. The van der Waals surface area contributed by atoms with Crippen molar-refractivity contribution in [1.29, 1.82) is 0 Å². The van der Waals surface area contributed by atoms with E-state index in [1.807, 2.05) is 0 Å². The molecule has 0 bridgehead atoms. The van der Waals surface area contributed by atoms with Gasteiger partial charge in [0.25, 0.3) is 0 Å². The van der Waals surface area contributed by atoms with Crippen LogP contribution in [0.5, 0.6) is 0 Å². The summed E-state index contributed by atoms with van der Waals surface area (Å²) in [7, 11) is 0. The molecule has 1 aromatic heterocycles. The van der Waals surface area contributed by atoms with Gasteiger partial charge >= 0.3 is 0 Å². The van der Waals surface area contributed by atoms with Gasteiger partial charge in [-0.3, -0.25) is 0 Å².